The first-order chi connectivity index (χ1) is 14.1. The maximum atomic E-state index is 13.1. The minimum atomic E-state index is -0.0536. The van der Waals surface area contributed by atoms with Gasteiger partial charge in [0.1, 0.15) is 5.82 Å². The van der Waals surface area contributed by atoms with Gasteiger partial charge in [-0.3, -0.25) is 14.5 Å². The fourth-order valence-corrected chi connectivity index (χ4v) is 4.78. The molecule has 3 aliphatic rings. The highest BCUT2D eigenvalue weighted by molar-refractivity contribution is 5.79. The lowest BCUT2D eigenvalue weighted by molar-refractivity contribution is -0.136. The van der Waals surface area contributed by atoms with Crippen molar-refractivity contribution in [2.45, 2.75) is 58.0 Å². The zero-order chi connectivity index (χ0) is 20.4. The standard InChI is InChI=1S/C21H32N6O2/c1-15(28)26-12-8-17-16(13-26)20(22-2)24-21(23-17)18-7-3-4-11-27(18)19(29)14-25-9-5-6-10-25/h18H,3-14H2,1-2H3,(H,22,23,24). The van der Waals surface area contributed by atoms with Gasteiger partial charge in [-0.25, -0.2) is 9.97 Å². The average Bonchev–Trinajstić information content (AvgIpc) is 3.25. The molecule has 8 heteroatoms. The van der Waals surface area contributed by atoms with Crippen LogP contribution in [0.2, 0.25) is 0 Å². The monoisotopic (exact) mass is 400 g/mol. The van der Waals surface area contributed by atoms with E-state index >= 15 is 0 Å². The highest BCUT2D eigenvalue weighted by Gasteiger charge is 2.33. The van der Waals surface area contributed by atoms with E-state index in [-0.39, 0.29) is 17.9 Å². The van der Waals surface area contributed by atoms with Crippen molar-refractivity contribution in [3.8, 4) is 0 Å². The molecule has 2 fully saturated rings. The average molecular weight is 401 g/mol. The Balaban J connectivity index is 1.58. The molecule has 8 nitrogen and oxygen atoms in total. The van der Waals surface area contributed by atoms with Gasteiger partial charge in [-0.05, 0) is 45.2 Å². The predicted octanol–water partition coefficient (Wildman–Crippen LogP) is 1.57. The Labute approximate surface area is 172 Å². The molecule has 1 unspecified atom stereocenters. The summed E-state index contributed by atoms with van der Waals surface area (Å²) in [5.74, 6) is 1.81. The number of carbonyl (C=O) groups excluding carboxylic acids is 2. The zero-order valence-corrected chi connectivity index (χ0v) is 17.6. The number of nitrogens with zero attached hydrogens (tertiary/aromatic N) is 5. The van der Waals surface area contributed by atoms with Crippen LogP contribution in [-0.2, 0) is 22.6 Å². The first-order valence-corrected chi connectivity index (χ1v) is 10.9. The van der Waals surface area contributed by atoms with Crippen LogP contribution >= 0.6 is 0 Å². The molecule has 2 amide bonds. The molecular weight excluding hydrogens is 368 g/mol. The highest BCUT2D eigenvalue weighted by Crippen LogP contribution is 2.32. The number of anilines is 1. The summed E-state index contributed by atoms with van der Waals surface area (Å²) in [7, 11) is 1.86. The molecule has 29 heavy (non-hydrogen) atoms. The summed E-state index contributed by atoms with van der Waals surface area (Å²) >= 11 is 0. The molecule has 3 aliphatic heterocycles. The number of carbonyl (C=O) groups is 2. The third kappa shape index (κ3) is 4.22. The molecule has 1 aromatic heterocycles. The summed E-state index contributed by atoms with van der Waals surface area (Å²) in [5.41, 5.74) is 2.01. The minimum absolute atomic E-state index is 0.0536. The largest absolute Gasteiger partial charge is 0.373 e. The van der Waals surface area contributed by atoms with Crippen molar-refractivity contribution in [1.29, 1.82) is 0 Å². The molecule has 4 heterocycles. The number of amides is 2. The highest BCUT2D eigenvalue weighted by atomic mass is 16.2. The van der Waals surface area contributed by atoms with Crippen molar-refractivity contribution in [3.63, 3.8) is 0 Å². The first-order valence-electron chi connectivity index (χ1n) is 10.9. The van der Waals surface area contributed by atoms with Gasteiger partial charge < -0.3 is 15.1 Å². The van der Waals surface area contributed by atoms with E-state index < -0.39 is 0 Å². The van der Waals surface area contributed by atoms with Crippen LogP contribution in [0.1, 0.15) is 62.2 Å². The summed E-state index contributed by atoms with van der Waals surface area (Å²) < 4.78 is 0. The Morgan fingerprint density at radius 1 is 1.07 bits per heavy atom. The second kappa shape index (κ2) is 8.65. The SMILES string of the molecule is CNc1nc(C2CCCCN2C(=O)CN2CCCC2)nc2c1CN(C(C)=O)CC2. The molecule has 0 aromatic carbocycles. The fraction of sp³-hybridized carbons (Fsp3) is 0.714. The fourth-order valence-electron chi connectivity index (χ4n) is 4.78. The third-order valence-corrected chi connectivity index (χ3v) is 6.44. The van der Waals surface area contributed by atoms with Gasteiger partial charge in [0.05, 0.1) is 24.8 Å². The molecule has 2 saturated heterocycles. The number of likely N-dealkylation sites (tertiary alicyclic amines) is 2. The zero-order valence-electron chi connectivity index (χ0n) is 17.6. The number of hydrogen-bond acceptors (Lipinski definition) is 6. The number of rotatable bonds is 4. The summed E-state index contributed by atoms with van der Waals surface area (Å²) in [6, 6.07) is -0.0536. The van der Waals surface area contributed by atoms with Crippen molar-refractivity contribution in [2.24, 2.45) is 0 Å². The topological polar surface area (TPSA) is 81.7 Å². The molecular formula is C21H32N6O2. The van der Waals surface area contributed by atoms with Crippen LogP contribution in [0.4, 0.5) is 5.82 Å². The normalized spacial score (nSPS) is 22.5. The number of fused-ring (bicyclic) bond motifs is 1. The van der Waals surface area contributed by atoms with Gasteiger partial charge in [0, 0.05) is 39.0 Å². The molecule has 0 bridgehead atoms. The van der Waals surface area contributed by atoms with Crippen molar-refractivity contribution < 1.29 is 9.59 Å². The van der Waals surface area contributed by atoms with E-state index in [1.807, 2.05) is 16.8 Å². The maximum Gasteiger partial charge on any atom is 0.237 e. The predicted molar refractivity (Wildman–Crippen MR) is 110 cm³/mol. The number of nitrogens with one attached hydrogen (secondary N) is 1. The Kier molecular flexibility index (Phi) is 5.99. The molecule has 0 aliphatic carbocycles. The second-order valence-corrected chi connectivity index (χ2v) is 8.38. The van der Waals surface area contributed by atoms with Gasteiger partial charge in [-0.1, -0.05) is 0 Å². The van der Waals surface area contributed by atoms with Crippen LogP contribution in [0.25, 0.3) is 0 Å². The Bertz CT molecular complexity index is 759. The van der Waals surface area contributed by atoms with Crippen LogP contribution in [0, 0.1) is 0 Å². The molecule has 0 saturated carbocycles. The minimum Gasteiger partial charge on any atom is -0.373 e. The molecule has 1 N–H and O–H groups in total. The maximum absolute atomic E-state index is 13.1. The molecule has 1 aromatic rings. The lowest BCUT2D eigenvalue weighted by atomic mass is 9.99. The van der Waals surface area contributed by atoms with E-state index in [1.54, 1.807) is 6.92 Å². The van der Waals surface area contributed by atoms with Crippen LogP contribution in [0.3, 0.4) is 0 Å². The molecule has 0 radical (unpaired) electrons. The van der Waals surface area contributed by atoms with Gasteiger partial charge in [-0.15, -0.1) is 0 Å². The quantitative estimate of drug-likeness (QED) is 0.826. The van der Waals surface area contributed by atoms with Gasteiger partial charge in [0.25, 0.3) is 0 Å². The molecule has 158 valence electrons. The van der Waals surface area contributed by atoms with Crippen LogP contribution in [0.5, 0.6) is 0 Å². The molecule has 1 atom stereocenters. The smallest absolute Gasteiger partial charge is 0.237 e. The summed E-state index contributed by atoms with van der Waals surface area (Å²) in [4.78, 5) is 40.7. The van der Waals surface area contributed by atoms with E-state index in [0.29, 0.717) is 19.6 Å². The van der Waals surface area contributed by atoms with E-state index in [9.17, 15) is 9.59 Å². The summed E-state index contributed by atoms with van der Waals surface area (Å²) in [6.45, 7) is 6.17. The van der Waals surface area contributed by atoms with Crippen molar-refractivity contribution in [2.75, 3.05) is 45.1 Å². The van der Waals surface area contributed by atoms with Crippen LogP contribution in [-0.4, -0.2) is 76.3 Å². The first kappa shape index (κ1) is 20.1. The number of piperidine rings is 1. The van der Waals surface area contributed by atoms with Crippen LogP contribution < -0.4 is 5.32 Å². The third-order valence-electron chi connectivity index (χ3n) is 6.44. The number of aromatic nitrogens is 2. The van der Waals surface area contributed by atoms with Gasteiger partial charge in [0.2, 0.25) is 11.8 Å². The van der Waals surface area contributed by atoms with E-state index in [1.165, 1.54) is 12.8 Å². The Hall–Kier alpha value is -2.22. The van der Waals surface area contributed by atoms with Crippen molar-refractivity contribution in [1.82, 2.24) is 24.7 Å². The number of hydrogen-bond donors (Lipinski definition) is 1. The Morgan fingerprint density at radius 2 is 1.83 bits per heavy atom. The van der Waals surface area contributed by atoms with E-state index in [0.717, 1.165) is 68.2 Å². The second-order valence-electron chi connectivity index (χ2n) is 8.38. The summed E-state index contributed by atoms with van der Waals surface area (Å²) in [5, 5.41) is 3.20. The van der Waals surface area contributed by atoms with Crippen LogP contribution in [0.15, 0.2) is 0 Å². The lowest BCUT2D eigenvalue weighted by Gasteiger charge is -2.36. The summed E-state index contributed by atoms with van der Waals surface area (Å²) in [6.07, 6.45) is 6.15. The van der Waals surface area contributed by atoms with Gasteiger partial charge in [-0.2, -0.15) is 0 Å². The van der Waals surface area contributed by atoms with Gasteiger partial charge >= 0.3 is 0 Å². The Morgan fingerprint density at radius 3 is 2.55 bits per heavy atom. The van der Waals surface area contributed by atoms with Gasteiger partial charge in [0.15, 0.2) is 5.82 Å². The molecule has 4 rings (SSSR count). The molecule has 0 spiro atoms. The van der Waals surface area contributed by atoms with Crippen molar-refractivity contribution in [3.05, 3.63) is 17.1 Å². The lowest BCUT2D eigenvalue weighted by Crippen LogP contribution is -2.44. The van der Waals surface area contributed by atoms with Crippen molar-refractivity contribution >= 4 is 17.6 Å². The van der Waals surface area contributed by atoms with E-state index in [4.69, 9.17) is 9.97 Å². The van der Waals surface area contributed by atoms with E-state index in [2.05, 4.69) is 10.2 Å².